The van der Waals surface area contributed by atoms with E-state index in [0.717, 1.165) is 23.2 Å². The van der Waals surface area contributed by atoms with Crippen molar-refractivity contribution in [3.05, 3.63) is 28.3 Å². The Bertz CT molecular complexity index is 906. The van der Waals surface area contributed by atoms with Crippen molar-refractivity contribution in [1.29, 1.82) is 0 Å². The Balaban J connectivity index is 1.69. The zero-order chi connectivity index (χ0) is 20.5. The Kier molecular flexibility index (Phi) is 5.52. The smallest absolute Gasteiger partial charge is 0.312 e. The van der Waals surface area contributed by atoms with E-state index < -0.39 is 32.4 Å². The molecule has 1 N–H and O–H groups in total. The molecule has 0 bridgehead atoms. The molecule has 1 saturated carbocycles. The predicted molar refractivity (Wildman–Crippen MR) is 96.2 cm³/mol. The largest absolute Gasteiger partial charge is 0.490 e. The molecule has 3 rings (SSSR count). The summed E-state index contributed by atoms with van der Waals surface area (Å²) in [5.74, 6) is -1.39. The number of sulfonamides is 1. The van der Waals surface area contributed by atoms with Gasteiger partial charge in [0.25, 0.3) is 0 Å². The minimum atomic E-state index is -3.99. The number of nitrogens with one attached hydrogen (secondary N) is 1. The monoisotopic (exact) mass is 412 g/mol. The first kappa shape index (κ1) is 20.0. The van der Waals surface area contributed by atoms with Gasteiger partial charge in [-0.25, -0.2) is 8.42 Å². The molecule has 2 amide bonds. The average Bonchev–Trinajstić information content (AvgIpc) is 3.50. The van der Waals surface area contributed by atoms with Crippen molar-refractivity contribution in [3.63, 3.8) is 0 Å². The molecule has 2 fully saturated rings. The summed E-state index contributed by atoms with van der Waals surface area (Å²) >= 11 is 0. The van der Waals surface area contributed by atoms with E-state index in [1.165, 1.54) is 24.1 Å². The molecule has 0 radical (unpaired) electrons. The first-order valence-corrected chi connectivity index (χ1v) is 10.1. The number of methoxy groups -OCH3 is 1. The molecular weight excluding hydrogens is 392 g/mol. The maximum atomic E-state index is 12.8. The van der Waals surface area contributed by atoms with Gasteiger partial charge in [-0.1, -0.05) is 0 Å². The molecule has 1 saturated heterocycles. The van der Waals surface area contributed by atoms with Gasteiger partial charge in [-0.3, -0.25) is 19.7 Å². The van der Waals surface area contributed by atoms with E-state index in [9.17, 15) is 28.1 Å². The Hall–Kier alpha value is -2.73. The number of ether oxygens (including phenoxy) is 1. The number of rotatable bonds is 5. The van der Waals surface area contributed by atoms with Crippen LogP contribution in [-0.2, 0) is 19.6 Å². The summed E-state index contributed by atoms with van der Waals surface area (Å²) in [6, 6.07) is 3.48. The van der Waals surface area contributed by atoms with E-state index in [-0.39, 0.29) is 42.9 Å². The number of nitrogens with zero attached hydrogens (tertiary/aromatic N) is 3. The molecule has 28 heavy (non-hydrogen) atoms. The first-order valence-electron chi connectivity index (χ1n) is 8.66. The highest BCUT2D eigenvalue weighted by Crippen LogP contribution is 2.30. The molecule has 1 aliphatic carbocycles. The van der Waals surface area contributed by atoms with Crippen LogP contribution in [0.4, 0.5) is 5.69 Å². The van der Waals surface area contributed by atoms with Crippen molar-refractivity contribution in [2.45, 2.75) is 23.8 Å². The number of nitro benzene ring substituents is 1. The van der Waals surface area contributed by atoms with Crippen LogP contribution in [0.1, 0.15) is 12.8 Å². The van der Waals surface area contributed by atoms with Crippen molar-refractivity contribution in [2.75, 3.05) is 33.3 Å². The number of piperazine rings is 1. The van der Waals surface area contributed by atoms with Crippen LogP contribution < -0.4 is 10.1 Å². The van der Waals surface area contributed by atoms with Crippen LogP contribution in [0.25, 0.3) is 0 Å². The van der Waals surface area contributed by atoms with Gasteiger partial charge in [0, 0.05) is 38.3 Å². The van der Waals surface area contributed by atoms with Crippen molar-refractivity contribution >= 4 is 27.5 Å². The molecule has 1 aromatic rings. The highest BCUT2D eigenvalue weighted by Gasteiger charge is 2.34. The van der Waals surface area contributed by atoms with Gasteiger partial charge in [-0.15, -0.1) is 0 Å². The van der Waals surface area contributed by atoms with E-state index in [0.29, 0.717) is 0 Å². The second-order valence-corrected chi connectivity index (χ2v) is 8.47. The Morgan fingerprint density at radius 3 is 2.39 bits per heavy atom. The highest BCUT2D eigenvalue weighted by atomic mass is 32.2. The minimum absolute atomic E-state index is 0.00932. The SMILES string of the molecule is COc1ccc(S(=O)(=O)N2CCN(C(=O)C(=O)NC3CC3)CC2)cc1[N+](=O)[O-]. The normalized spacial score (nSPS) is 17.8. The molecule has 11 nitrogen and oxygen atoms in total. The molecule has 0 atom stereocenters. The minimum Gasteiger partial charge on any atom is -0.490 e. The van der Waals surface area contributed by atoms with Crippen molar-refractivity contribution in [2.24, 2.45) is 0 Å². The molecule has 1 heterocycles. The van der Waals surface area contributed by atoms with Gasteiger partial charge in [-0.2, -0.15) is 4.31 Å². The van der Waals surface area contributed by atoms with E-state index in [2.05, 4.69) is 5.32 Å². The number of hydrogen-bond acceptors (Lipinski definition) is 7. The second kappa shape index (κ2) is 7.72. The maximum Gasteiger partial charge on any atom is 0.312 e. The number of carbonyl (C=O) groups excluding carboxylic acids is 2. The molecular formula is C16H20N4O7S. The molecule has 0 spiro atoms. The molecule has 0 aromatic heterocycles. The summed E-state index contributed by atoms with van der Waals surface area (Å²) in [6.45, 7) is 0.109. The Morgan fingerprint density at radius 1 is 1.21 bits per heavy atom. The van der Waals surface area contributed by atoms with E-state index in [1.807, 2.05) is 0 Å². The molecule has 0 unspecified atom stereocenters. The number of amides is 2. The highest BCUT2D eigenvalue weighted by molar-refractivity contribution is 7.89. The Labute approximate surface area is 161 Å². The lowest BCUT2D eigenvalue weighted by Gasteiger charge is -2.33. The van der Waals surface area contributed by atoms with E-state index in [1.54, 1.807) is 0 Å². The van der Waals surface area contributed by atoms with Crippen molar-refractivity contribution < 1.29 is 27.7 Å². The molecule has 1 aliphatic heterocycles. The Morgan fingerprint density at radius 2 is 1.86 bits per heavy atom. The van der Waals surface area contributed by atoms with Gasteiger partial charge in [0.15, 0.2) is 5.75 Å². The van der Waals surface area contributed by atoms with Crippen molar-refractivity contribution in [1.82, 2.24) is 14.5 Å². The summed E-state index contributed by atoms with van der Waals surface area (Å²) in [6.07, 6.45) is 1.72. The third-order valence-electron chi connectivity index (χ3n) is 4.62. The maximum absolute atomic E-state index is 12.8. The number of carbonyl (C=O) groups is 2. The van der Waals surface area contributed by atoms with Crippen LogP contribution in [-0.4, -0.2) is 73.7 Å². The number of hydrogen-bond donors (Lipinski definition) is 1. The molecule has 152 valence electrons. The van der Waals surface area contributed by atoms with Gasteiger partial charge < -0.3 is 15.0 Å². The van der Waals surface area contributed by atoms with Crippen LogP contribution in [0.2, 0.25) is 0 Å². The van der Waals surface area contributed by atoms with Crippen LogP contribution >= 0.6 is 0 Å². The number of nitro groups is 1. The fourth-order valence-corrected chi connectivity index (χ4v) is 4.31. The molecule has 2 aliphatic rings. The lowest BCUT2D eigenvalue weighted by molar-refractivity contribution is -0.386. The van der Waals surface area contributed by atoms with Gasteiger partial charge >= 0.3 is 17.5 Å². The third kappa shape index (κ3) is 4.07. The van der Waals surface area contributed by atoms with Crippen molar-refractivity contribution in [3.8, 4) is 5.75 Å². The van der Waals surface area contributed by atoms with Gasteiger partial charge in [0.05, 0.1) is 16.9 Å². The lowest BCUT2D eigenvalue weighted by Crippen LogP contribution is -2.53. The van der Waals surface area contributed by atoms with Crippen LogP contribution in [0, 0.1) is 10.1 Å². The summed E-state index contributed by atoms with van der Waals surface area (Å²) in [5, 5.41) is 13.7. The zero-order valence-corrected chi connectivity index (χ0v) is 16.0. The van der Waals surface area contributed by atoms with Crippen LogP contribution in [0.5, 0.6) is 5.75 Å². The first-order chi connectivity index (χ1) is 13.2. The van der Waals surface area contributed by atoms with E-state index in [4.69, 9.17) is 4.74 Å². The van der Waals surface area contributed by atoms with Gasteiger partial charge in [0.2, 0.25) is 10.0 Å². The molecule has 1 aromatic carbocycles. The lowest BCUT2D eigenvalue weighted by atomic mass is 10.3. The average molecular weight is 412 g/mol. The quantitative estimate of drug-likeness (QED) is 0.398. The summed E-state index contributed by atoms with van der Waals surface area (Å²) in [7, 11) is -2.73. The zero-order valence-electron chi connectivity index (χ0n) is 15.2. The van der Waals surface area contributed by atoms with Gasteiger partial charge in [0.1, 0.15) is 0 Å². The summed E-state index contributed by atoms with van der Waals surface area (Å²) in [5.41, 5.74) is -0.450. The fourth-order valence-electron chi connectivity index (χ4n) is 2.87. The van der Waals surface area contributed by atoms with Crippen LogP contribution in [0.15, 0.2) is 23.1 Å². The molecule has 12 heteroatoms. The van der Waals surface area contributed by atoms with E-state index >= 15 is 0 Å². The summed E-state index contributed by atoms with van der Waals surface area (Å²) < 4.78 is 31.6. The second-order valence-electron chi connectivity index (χ2n) is 6.53. The summed E-state index contributed by atoms with van der Waals surface area (Å²) in [4.78, 5) is 35.5. The fraction of sp³-hybridized carbons (Fsp3) is 0.500. The third-order valence-corrected chi connectivity index (χ3v) is 6.51. The standard InChI is InChI=1S/C16H20N4O7S/c1-27-14-5-4-12(10-13(14)20(23)24)28(25,26)19-8-6-18(7-9-19)16(22)15(21)17-11-2-3-11/h4-5,10-11H,2-3,6-9H2,1H3,(H,17,21). The number of benzene rings is 1. The van der Waals surface area contributed by atoms with Crippen LogP contribution in [0.3, 0.4) is 0 Å². The van der Waals surface area contributed by atoms with Gasteiger partial charge in [-0.05, 0) is 25.0 Å². The predicted octanol–water partition coefficient (Wildman–Crippen LogP) is -0.285. The topological polar surface area (TPSA) is 139 Å².